The monoisotopic (exact) mass is 506 g/mol. The van der Waals surface area contributed by atoms with Crippen molar-refractivity contribution in [3.8, 4) is 26.8 Å². The van der Waals surface area contributed by atoms with E-state index in [1.165, 1.54) is 16.7 Å². The van der Waals surface area contributed by atoms with Gasteiger partial charge in [-0.15, -0.1) is 11.3 Å². The summed E-state index contributed by atoms with van der Waals surface area (Å²) in [4.78, 5) is 20.2. The van der Waals surface area contributed by atoms with Crippen LogP contribution >= 0.6 is 11.3 Å². The molecule has 1 aliphatic heterocycles. The van der Waals surface area contributed by atoms with E-state index < -0.39 is 0 Å². The first-order valence-electron chi connectivity index (χ1n) is 12.7. The Bertz CT molecular complexity index is 1240. The number of nitrogens with one attached hydrogen (secondary N) is 2. The van der Waals surface area contributed by atoms with E-state index in [-0.39, 0.29) is 24.2 Å². The molecular weight excluding hydrogens is 472 g/mol. The molecule has 1 saturated heterocycles. The molecule has 1 aromatic heterocycles. The van der Waals surface area contributed by atoms with E-state index in [1.54, 1.807) is 16.2 Å². The van der Waals surface area contributed by atoms with Gasteiger partial charge in [-0.2, -0.15) is 0 Å². The number of ether oxygens (including phenoxy) is 1. The summed E-state index contributed by atoms with van der Waals surface area (Å²) in [5.41, 5.74) is 5.84. The maximum atomic E-state index is 12.5. The summed E-state index contributed by atoms with van der Waals surface area (Å²) >= 11 is 1.70. The Morgan fingerprint density at radius 1 is 1.28 bits per heavy atom. The number of fused-ring (bicyclic) bond motifs is 1. The van der Waals surface area contributed by atoms with Crippen LogP contribution in [-0.4, -0.2) is 59.8 Å². The van der Waals surface area contributed by atoms with E-state index in [1.807, 2.05) is 33.2 Å². The van der Waals surface area contributed by atoms with Gasteiger partial charge in [-0.05, 0) is 68.0 Å². The van der Waals surface area contributed by atoms with E-state index in [0.717, 1.165) is 39.7 Å². The Kier molecular flexibility index (Phi) is 7.27. The fraction of sp³-hybridized carbons (Fsp3) is 0.429. The number of thiazole rings is 1. The Balaban J connectivity index is 1.32. The first-order valence-corrected chi connectivity index (χ1v) is 13.5. The molecule has 2 aromatic carbocycles. The molecule has 1 unspecified atom stereocenters. The van der Waals surface area contributed by atoms with Crippen LogP contribution in [0.3, 0.4) is 0 Å². The Labute approximate surface area is 216 Å². The third-order valence-corrected chi connectivity index (χ3v) is 8.00. The van der Waals surface area contributed by atoms with Gasteiger partial charge in [0.25, 0.3) is 0 Å². The van der Waals surface area contributed by atoms with E-state index in [2.05, 4.69) is 41.0 Å². The lowest BCUT2D eigenvalue weighted by Crippen LogP contribution is -2.38. The van der Waals surface area contributed by atoms with Crippen LogP contribution in [-0.2, 0) is 11.2 Å². The Morgan fingerprint density at radius 3 is 2.89 bits per heavy atom. The zero-order valence-corrected chi connectivity index (χ0v) is 21.9. The maximum absolute atomic E-state index is 12.5. The molecule has 5 rings (SSSR count). The summed E-state index contributed by atoms with van der Waals surface area (Å²) in [6.45, 7) is 5.44. The fourth-order valence-electron chi connectivity index (χ4n) is 5.14. The molecule has 2 aliphatic rings. The van der Waals surface area contributed by atoms with Gasteiger partial charge in [-0.3, -0.25) is 4.79 Å². The molecule has 0 radical (unpaired) electrons. The number of aromatic nitrogens is 1. The number of nitrogens with zero attached hydrogens (tertiary/aromatic N) is 2. The van der Waals surface area contributed by atoms with Gasteiger partial charge in [0.2, 0.25) is 5.91 Å². The van der Waals surface area contributed by atoms with Gasteiger partial charge >= 0.3 is 0 Å². The number of carbonyl (C=O) groups is 1. The second-order valence-corrected chi connectivity index (χ2v) is 10.8. The van der Waals surface area contributed by atoms with Crippen LogP contribution < -0.4 is 15.4 Å². The van der Waals surface area contributed by atoms with Gasteiger partial charge in [0.05, 0.1) is 29.3 Å². The standard InChI is InChI=1S/C28H34N4O3S/c1-17(2)35-25-10-7-18(13-24(25)29-3)28-31-14-26(36-28)22-6-4-5-21-20(22)8-9-23(21)30-15-27(34)32-12-11-19(33)16-32/h4-7,10,13-14,17,19,23,29-30,33H,8-9,11-12,15-16H2,1-3H3/t19-,23?/m1/s1. The van der Waals surface area contributed by atoms with E-state index >= 15 is 0 Å². The largest absolute Gasteiger partial charge is 0.489 e. The second kappa shape index (κ2) is 10.6. The van der Waals surface area contributed by atoms with E-state index in [4.69, 9.17) is 9.72 Å². The van der Waals surface area contributed by atoms with E-state index in [0.29, 0.717) is 26.1 Å². The molecule has 2 heterocycles. The molecule has 1 aliphatic carbocycles. The van der Waals surface area contributed by atoms with Crippen LogP contribution in [0.4, 0.5) is 5.69 Å². The minimum Gasteiger partial charge on any atom is -0.489 e. The lowest BCUT2D eigenvalue weighted by molar-refractivity contribution is -0.129. The van der Waals surface area contributed by atoms with Crippen molar-refractivity contribution >= 4 is 22.9 Å². The molecule has 3 aromatic rings. The number of anilines is 1. The normalized spacial score (nSPS) is 19.1. The number of carbonyl (C=O) groups excluding carboxylic acids is 1. The van der Waals surface area contributed by atoms with Crippen molar-refractivity contribution in [1.29, 1.82) is 0 Å². The fourth-order valence-corrected chi connectivity index (χ4v) is 6.10. The predicted octanol–water partition coefficient (Wildman–Crippen LogP) is 4.48. The van der Waals surface area contributed by atoms with Crippen molar-refractivity contribution in [3.05, 3.63) is 53.7 Å². The maximum Gasteiger partial charge on any atom is 0.236 e. The van der Waals surface area contributed by atoms with Crippen molar-refractivity contribution in [2.45, 2.75) is 51.4 Å². The minimum absolute atomic E-state index is 0.0639. The number of benzene rings is 2. The van der Waals surface area contributed by atoms with Gasteiger partial charge in [0.15, 0.2) is 0 Å². The lowest BCUT2D eigenvalue weighted by atomic mass is 10.0. The Hall–Kier alpha value is -2.94. The van der Waals surface area contributed by atoms with Crippen molar-refractivity contribution in [2.75, 3.05) is 32.0 Å². The number of rotatable bonds is 8. The number of β-amino-alcohol motifs (C(OH)–C–C–N with tert-alkyl or cyclic N) is 1. The first-order chi connectivity index (χ1) is 17.4. The van der Waals surface area contributed by atoms with Crippen molar-refractivity contribution in [2.24, 2.45) is 0 Å². The van der Waals surface area contributed by atoms with Gasteiger partial charge < -0.3 is 25.4 Å². The van der Waals surface area contributed by atoms with Crippen molar-refractivity contribution in [1.82, 2.24) is 15.2 Å². The van der Waals surface area contributed by atoms with Gasteiger partial charge in [-0.25, -0.2) is 4.98 Å². The van der Waals surface area contributed by atoms with Crippen LogP contribution in [0, 0.1) is 0 Å². The molecule has 0 spiro atoms. The van der Waals surface area contributed by atoms with Crippen LogP contribution in [0.5, 0.6) is 5.75 Å². The highest BCUT2D eigenvalue weighted by atomic mass is 32.1. The summed E-state index contributed by atoms with van der Waals surface area (Å²) in [5, 5.41) is 17.4. The topological polar surface area (TPSA) is 86.7 Å². The molecule has 0 bridgehead atoms. The zero-order chi connectivity index (χ0) is 25.2. The highest BCUT2D eigenvalue weighted by molar-refractivity contribution is 7.18. The summed E-state index contributed by atoms with van der Waals surface area (Å²) < 4.78 is 5.91. The molecule has 2 atom stereocenters. The molecule has 3 N–H and O–H groups in total. The van der Waals surface area contributed by atoms with Crippen LogP contribution in [0.1, 0.15) is 43.9 Å². The highest BCUT2D eigenvalue weighted by Gasteiger charge is 2.28. The minimum atomic E-state index is -0.385. The SMILES string of the molecule is CNc1cc(-c2ncc(-c3cccc4c3CCC4NCC(=O)N3CC[C@@H](O)C3)s2)ccc1OC(C)C. The van der Waals surface area contributed by atoms with Gasteiger partial charge in [-0.1, -0.05) is 18.2 Å². The molecule has 36 heavy (non-hydrogen) atoms. The van der Waals surface area contributed by atoms with Crippen LogP contribution in [0.15, 0.2) is 42.6 Å². The predicted molar refractivity (Wildman–Crippen MR) is 145 cm³/mol. The molecule has 190 valence electrons. The Morgan fingerprint density at radius 2 is 2.14 bits per heavy atom. The number of aliphatic hydroxyl groups is 1. The molecule has 7 nitrogen and oxygen atoms in total. The molecule has 0 saturated carbocycles. The average Bonchev–Trinajstić information content (AvgIpc) is 3.62. The summed E-state index contributed by atoms with van der Waals surface area (Å²) in [6, 6.07) is 12.8. The first kappa shape index (κ1) is 24.7. The third-order valence-electron chi connectivity index (χ3n) is 6.92. The molecule has 1 fully saturated rings. The van der Waals surface area contributed by atoms with Gasteiger partial charge in [0, 0.05) is 37.9 Å². The number of hydrogen-bond donors (Lipinski definition) is 3. The highest BCUT2D eigenvalue weighted by Crippen LogP contribution is 2.41. The third kappa shape index (κ3) is 5.12. The summed E-state index contributed by atoms with van der Waals surface area (Å²) in [5.74, 6) is 0.904. The van der Waals surface area contributed by atoms with Crippen LogP contribution in [0.2, 0.25) is 0 Å². The summed E-state index contributed by atoms with van der Waals surface area (Å²) in [6.07, 6.45) is 4.30. The average molecular weight is 507 g/mol. The summed E-state index contributed by atoms with van der Waals surface area (Å²) in [7, 11) is 1.90. The number of amides is 1. The van der Waals surface area contributed by atoms with Gasteiger partial charge in [0.1, 0.15) is 10.8 Å². The van der Waals surface area contributed by atoms with Crippen molar-refractivity contribution < 1.29 is 14.6 Å². The smallest absolute Gasteiger partial charge is 0.236 e. The quantitative estimate of drug-likeness (QED) is 0.418. The molecular formula is C28H34N4O3S. The number of aliphatic hydroxyl groups excluding tert-OH is 1. The lowest BCUT2D eigenvalue weighted by Gasteiger charge is -2.19. The van der Waals surface area contributed by atoms with E-state index in [9.17, 15) is 9.90 Å². The second-order valence-electron chi connectivity index (χ2n) is 9.78. The zero-order valence-electron chi connectivity index (χ0n) is 21.1. The number of likely N-dealkylation sites (tertiary alicyclic amines) is 1. The van der Waals surface area contributed by atoms with Crippen LogP contribution in [0.25, 0.3) is 21.0 Å². The number of hydrogen-bond acceptors (Lipinski definition) is 7. The molecule has 8 heteroatoms. The molecule has 1 amide bonds. The van der Waals surface area contributed by atoms with Crippen molar-refractivity contribution in [3.63, 3.8) is 0 Å².